The molecule has 3 nitrogen and oxygen atoms in total. The number of aliphatic imine (C=N–C) groups is 2. The van der Waals surface area contributed by atoms with Crippen molar-refractivity contribution < 1.29 is 0 Å². The Labute approximate surface area is 62.5 Å². The van der Waals surface area contributed by atoms with Crippen LogP contribution in [0.5, 0.6) is 0 Å². The minimum atomic E-state index is 0.811. The summed E-state index contributed by atoms with van der Waals surface area (Å²) in [6.07, 6.45) is 0. The van der Waals surface area contributed by atoms with Gasteiger partial charge in [-0.1, -0.05) is 0 Å². The smallest absolute Gasteiger partial charge is 0.121 e. The Morgan fingerprint density at radius 2 is 1.70 bits per heavy atom. The zero-order valence-electron chi connectivity index (χ0n) is 7.34. The largest absolute Gasteiger partial charge is 0.366 e. The average Bonchev–Trinajstić information content (AvgIpc) is 1.87. The van der Waals surface area contributed by atoms with E-state index < -0.39 is 0 Å². The summed E-state index contributed by atoms with van der Waals surface area (Å²) in [6, 6.07) is 0. The van der Waals surface area contributed by atoms with E-state index in [2.05, 4.69) is 9.98 Å². The van der Waals surface area contributed by atoms with Gasteiger partial charge in [-0.3, -0.25) is 4.99 Å². The Morgan fingerprint density at radius 1 is 1.20 bits per heavy atom. The predicted octanol–water partition coefficient (Wildman–Crippen LogP) is 1.01. The van der Waals surface area contributed by atoms with Gasteiger partial charge in [-0.15, -0.1) is 0 Å². The second-order valence-corrected chi connectivity index (χ2v) is 2.32. The maximum absolute atomic E-state index is 4.19. The van der Waals surface area contributed by atoms with E-state index in [1.165, 1.54) is 0 Å². The highest BCUT2D eigenvalue weighted by Gasteiger charge is 1.91. The van der Waals surface area contributed by atoms with Crippen LogP contribution in [-0.4, -0.2) is 37.7 Å². The van der Waals surface area contributed by atoms with Crippen LogP contribution in [0.2, 0.25) is 0 Å². The third-order valence-electron chi connectivity index (χ3n) is 1.29. The van der Waals surface area contributed by atoms with E-state index in [4.69, 9.17) is 0 Å². The average molecular weight is 141 g/mol. The quantitative estimate of drug-likeness (QED) is 0.365. The molecule has 0 aliphatic heterocycles. The van der Waals surface area contributed by atoms with Crippen LogP contribution in [-0.2, 0) is 0 Å². The maximum Gasteiger partial charge on any atom is 0.121 e. The minimum absolute atomic E-state index is 0.811. The molecule has 0 radical (unpaired) electrons. The van der Waals surface area contributed by atoms with E-state index in [-0.39, 0.29) is 0 Å². The fourth-order valence-electron chi connectivity index (χ4n) is 0.384. The van der Waals surface area contributed by atoms with Crippen LogP contribution in [0.3, 0.4) is 0 Å². The molecule has 0 aliphatic rings. The van der Waals surface area contributed by atoms with Crippen LogP contribution in [0.4, 0.5) is 0 Å². The summed E-state index contributed by atoms with van der Waals surface area (Å²) < 4.78 is 0. The van der Waals surface area contributed by atoms with Gasteiger partial charge in [-0.05, 0) is 13.8 Å². The van der Waals surface area contributed by atoms with Gasteiger partial charge in [-0.25, -0.2) is 4.99 Å². The van der Waals surface area contributed by atoms with Gasteiger partial charge in [0.25, 0.3) is 0 Å². The molecule has 58 valence electrons. The number of rotatable bonds is 0. The SMILES string of the molecule is CN=C(C)N=C(C)N(C)C. The normalized spacial score (nSPS) is 13.7. The van der Waals surface area contributed by atoms with Crippen molar-refractivity contribution in [3.8, 4) is 0 Å². The van der Waals surface area contributed by atoms with Gasteiger partial charge in [0.05, 0.1) is 0 Å². The molecule has 0 N–H and O–H groups in total. The molecule has 0 aromatic rings. The van der Waals surface area contributed by atoms with Gasteiger partial charge in [0.1, 0.15) is 11.7 Å². The van der Waals surface area contributed by atoms with Gasteiger partial charge in [0.2, 0.25) is 0 Å². The monoisotopic (exact) mass is 141 g/mol. The second kappa shape index (κ2) is 4.04. The number of amidine groups is 2. The minimum Gasteiger partial charge on any atom is -0.366 e. The number of hydrogen-bond acceptors (Lipinski definition) is 1. The summed E-state index contributed by atoms with van der Waals surface area (Å²) in [5.74, 6) is 1.79. The maximum atomic E-state index is 4.19. The van der Waals surface area contributed by atoms with Crippen LogP contribution in [0, 0.1) is 0 Å². The second-order valence-electron chi connectivity index (χ2n) is 2.32. The van der Waals surface area contributed by atoms with E-state index in [9.17, 15) is 0 Å². The lowest BCUT2D eigenvalue weighted by molar-refractivity contribution is 0.619. The van der Waals surface area contributed by atoms with Gasteiger partial charge >= 0.3 is 0 Å². The topological polar surface area (TPSA) is 28.0 Å². The van der Waals surface area contributed by atoms with Crippen LogP contribution in [0.1, 0.15) is 13.8 Å². The van der Waals surface area contributed by atoms with Crippen molar-refractivity contribution in [3.05, 3.63) is 0 Å². The van der Waals surface area contributed by atoms with Gasteiger partial charge in [0, 0.05) is 21.1 Å². The molecular formula is C7H15N3. The van der Waals surface area contributed by atoms with E-state index in [1.807, 2.05) is 32.8 Å². The molecule has 0 aromatic carbocycles. The van der Waals surface area contributed by atoms with Crippen molar-refractivity contribution in [2.45, 2.75) is 13.8 Å². The first-order valence-corrected chi connectivity index (χ1v) is 3.24. The van der Waals surface area contributed by atoms with E-state index in [1.54, 1.807) is 7.05 Å². The Hall–Kier alpha value is -0.860. The Balaban J connectivity index is 4.17. The molecule has 3 heteroatoms. The molecule has 0 spiro atoms. The van der Waals surface area contributed by atoms with E-state index in [0.717, 1.165) is 11.7 Å². The standard InChI is InChI=1S/C7H15N3/c1-6(8-3)9-7(2)10(4)5/h1-5H3. The van der Waals surface area contributed by atoms with Crippen molar-refractivity contribution in [1.82, 2.24) is 4.90 Å². The third kappa shape index (κ3) is 3.22. The van der Waals surface area contributed by atoms with E-state index >= 15 is 0 Å². The summed E-state index contributed by atoms with van der Waals surface area (Å²) in [7, 11) is 5.66. The summed E-state index contributed by atoms with van der Waals surface area (Å²) in [6.45, 7) is 3.84. The third-order valence-corrected chi connectivity index (χ3v) is 1.29. The Kier molecular flexibility index (Phi) is 3.69. The van der Waals surface area contributed by atoms with Crippen LogP contribution < -0.4 is 0 Å². The van der Waals surface area contributed by atoms with Gasteiger partial charge in [-0.2, -0.15) is 0 Å². The highest BCUT2D eigenvalue weighted by molar-refractivity contribution is 5.94. The summed E-state index contributed by atoms with van der Waals surface area (Å²) in [5.41, 5.74) is 0. The first-order valence-electron chi connectivity index (χ1n) is 3.24. The van der Waals surface area contributed by atoms with Gasteiger partial charge < -0.3 is 4.90 Å². The zero-order chi connectivity index (χ0) is 8.15. The lowest BCUT2D eigenvalue weighted by atomic mass is 10.6. The van der Waals surface area contributed by atoms with Crippen molar-refractivity contribution in [2.75, 3.05) is 21.1 Å². The first kappa shape index (κ1) is 9.14. The van der Waals surface area contributed by atoms with Crippen molar-refractivity contribution in [1.29, 1.82) is 0 Å². The first-order chi connectivity index (χ1) is 4.57. The summed E-state index contributed by atoms with van der Waals surface area (Å²) in [5, 5.41) is 0. The van der Waals surface area contributed by atoms with E-state index in [0.29, 0.717) is 0 Å². The molecule has 0 unspecified atom stereocenters. The molecule has 0 heterocycles. The molecule has 10 heavy (non-hydrogen) atoms. The highest BCUT2D eigenvalue weighted by Crippen LogP contribution is 1.84. The number of nitrogens with zero attached hydrogens (tertiary/aromatic N) is 3. The lowest BCUT2D eigenvalue weighted by Gasteiger charge is -2.10. The zero-order valence-corrected chi connectivity index (χ0v) is 7.34. The van der Waals surface area contributed by atoms with Crippen molar-refractivity contribution >= 4 is 11.7 Å². The molecular weight excluding hydrogens is 126 g/mol. The Morgan fingerprint density at radius 3 is 2.00 bits per heavy atom. The fraction of sp³-hybridized carbons (Fsp3) is 0.714. The summed E-state index contributed by atoms with van der Waals surface area (Å²) >= 11 is 0. The Bertz CT molecular complexity index is 156. The highest BCUT2D eigenvalue weighted by atomic mass is 15.1. The molecule has 0 aliphatic carbocycles. The fourth-order valence-corrected chi connectivity index (χ4v) is 0.384. The molecule has 0 aromatic heterocycles. The molecule has 0 saturated carbocycles. The molecule has 0 amide bonds. The van der Waals surface area contributed by atoms with Gasteiger partial charge in [0.15, 0.2) is 0 Å². The van der Waals surface area contributed by atoms with Crippen molar-refractivity contribution in [3.63, 3.8) is 0 Å². The molecule has 0 saturated heterocycles. The van der Waals surface area contributed by atoms with Crippen LogP contribution in [0.15, 0.2) is 9.98 Å². The summed E-state index contributed by atoms with van der Waals surface area (Å²) in [4.78, 5) is 10.1. The molecule has 0 fully saturated rings. The van der Waals surface area contributed by atoms with Crippen LogP contribution in [0.25, 0.3) is 0 Å². The molecule has 0 bridgehead atoms. The van der Waals surface area contributed by atoms with Crippen molar-refractivity contribution in [2.24, 2.45) is 9.98 Å². The predicted molar refractivity (Wildman–Crippen MR) is 45.8 cm³/mol. The lowest BCUT2D eigenvalue weighted by Crippen LogP contribution is -2.19. The molecule has 0 rings (SSSR count). The van der Waals surface area contributed by atoms with Crippen LogP contribution >= 0.6 is 0 Å². The molecule has 0 atom stereocenters. The number of hydrogen-bond donors (Lipinski definition) is 0.